The Labute approximate surface area is 115 Å². The van der Waals surface area contributed by atoms with E-state index in [9.17, 15) is 9.59 Å². The Hall–Kier alpha value is -1.47. The van der Waals surface area contributed by atoms with Crippen LogP contribution in [0.15, 0.2) is 6.20 Å². The summed E-state index contributed by atoms with van der Waals surface area (Å²) in [4.78, 5) is 30.5. The van der Waals surface area contributed by atoms with Gasteiger partial charge >= 0.3 is 5.97 Å². The van der Waals surface area contributed by atoms with E-state index in [1.807, 2.05) is 6.92 Å². The lowest BCUT2D eigenvalue weighted by Gasteiger charge is -2.34. The first kappa shape index (κ1) is 14.0. The molecule has 1 N–H and O–H groups in total. The number of hydrogen-bond donors (Lipinski definition) is 1. The molecule has 1 aliphatic heterocycles. The quantitative estimate of drug-likeness (QED) is 0.815. The second-order valence-corrected chi connectivity index (χ2v) is 5.45. The number of nitrogens with zero attached hydrogens (tertiary/aromatic N) is 2. The van der Waals surface area contributed by atoms with Crippen molar-refractivity contribution in [3.8, 4) is 0 Å². The van der Waals surface area contributed by atoms with Gasteiger partial charge in [0.05, 0.1) is 17.8 Å². The monoisotopic (exact) mass is 283 g/mol. The van der Waals surface area contributed by atoms with Crippen molar-refractivity contribution in [2.75, 3.05) is 26.2 Å². The topological polar surface area (TPSA) is 71.5 Å². The average molecular weight is 283 g/mol. The maximum atomic E-state index is 12.4. The highest BCUT2D eigenvalue weighted by Crippen LogP contribution is 2.17. The second kappa shape index (κ2) is 6.12. The van der Waals surface area contributed by atoms with E-state index in [0.717, 1.165) is 5.01 Å². The molecule has 0 aromatic carbocycles. The van der Waals surface area contributed by atoms with Crippen molar-refractivity contribution in [3.63, 3.8) is 0 Å². The molecule has 6 nitrogen and oxygen atoms in total. The van der Waals surface area contributed by atoms with Gasteiger partial charge in [0.2, 0.25) is 0 Å². The fourth-order valence-electron chi connectivity index (χ4n) is 2.00. The minimum absolute atomic E-state index is 0.148. The summed E-state index contributed by atoms with van der Waals surface area (Å²) in [7, 11) is 0. The number of aryl methyl sites for hydroxylation is 1. The number of hydrogen-bond acceptors (Lipinski definition) is 6. The zero-order chi connectivity index (χ0) is 13.8. The molecule has 0 saturated carbocycles. The highest BCUT2D eigenvalue weighted by molar-refractivity contribution is 7.13. The fraction of sp³-hybridized carbons (Fsp3) is 0.583. The number of aromatic nitrogens is 1. The van der Waals surface area contributed by atoms with E-state index in [1.165, 1.54) is 11.3 Å². The van der Waals surface area contributed by atoms with Gasteiger partial charge in [-0.3, -0.25) is 4.79 Å². The first-order chi connectivity index (χ1) is 9.13. The summed E-state index contributed by atoms with van der Waals surface area (Å²) in [5.74, 6) is -0.505. The first-order valence-corrected chi connectivity index (χ1v) is 7.06. The van der Waals surface area contributed by atoms with Gasteiger partial charge in [-0.15, -0.1) is 11.3 Å². The predicted octanol–water partition coefficient (Wildman–Crippen LogP) is 0.429. The molecule has 2 rings (SSSR count). The Morgan fingerprint density at radius 3 is 3.05 bits per heavy atom. The molecule has 1 fully saturated rings. The van der Waals surface area contributed by atoms with Crippen LogP contribution in [-0.2, 0) is 9.53 Å². The van der Waals surface area contributed by atoms with Crippen LogP contribution in [0.25, 0.3) is 0 Å². The molecule has 1 saturated heterocycles. The lowest BCUT2D eigenvalue weighted by molar-refractivity contribution is -0.149. The Balaban J connectivity index is 2.15. The van der Waals surface area contributed by atoms with Crippen molar-refractivity contribution in [1.82, 2.24) is 15.2 Å². The summed E-state index contributed by atoms with van der Waals surface area (Å²) in [6.45, 7) is 5.53. The highest BCUT2D eigenvalue weighted by Gasteiger charge is 2.34. The molecule has 2 heterocycles. The van der Waals surface area contributed by atoms with Gasteiger partial charge < -0.3 is 15.0 Å². The van der Waals surface area contributed by atoms with Gasteiger partial charge in [-0.05, 0) is 13.8 Å². The normalized spacial score (nSPS) is 19.3. The third-order valence-electron chi connectivity index (χ3n) is 2.89. The lowest BCUT2D eigenvalue weighted by atomic mass is 10.2. The summed E-state index contributed by atoms with van der Waals surface area (Å²) < 4.78 is 5.02. The molecule has 1 aromatic heterocycles. The number of piperazine rings is 1. The zero-order valence-electron chi connectivity index (χ0n) is 11.0. The molecule has 0 radical (unpaired) electrons. The number of ether oxygens (including phenoxy) is 1. The number of carbonyl (C=O) groups excluding carboxylic acids is 2. The molecule has 19 heavy (non-hydrogen) atoms. The highest BCUT2D eigenvalue weighted by atomic mass is 32.1. The van der Waals surface area contributed by atoms with Gasteiger partial charge in [-0.1, -0.05) is 0 Å². The maximum absolute atomic E-state index is 12.4. The Morgan fingerprint density at radius 1 is 1.63 bits per heavy atom. The van der Waals surface area contributed by atoms with Gasteiger partial charge in [0, 0.05) is 19.6 Å². The van der Waals surface area contributed by atoms with E-state index >= 15 is 0 Å². The van der Waals surface area contributed by atoms with Crippen LogP contribution < -0.4 is 5.32 Å². The van der Waals surface area contributed by atoms with E-state index in [-0.39, 0.29) is 11.9 Å². The Bertz CT molecular complexity index is 475. The number of nitrogens with one attached hydrogen (secondary N) is 1. The number of esters is 1. The molecule has 7 heteroatoms. The van der Waals surface area contributed by atoms with Crippen LogP contribution in [0.3, 0.4) is 0 Å². The molecule has 0 spiro atoms. The van der Waals surface area contributed by atoms with E-state index in [2.05, 4.69) is 10.3 Å². The van der Waals surface area contributed by atoms with Gasteiger partial charge in [0.1, 0.15) is 10.9 Å². The molecular weight excluding hydrogens is 266 g/mol. The molecule has 0 bridgehead atoms. The first-order valence-electron chi connectivity index (χ1n) is 6.24. The number of rotatable bonds is 3. The summed E-state index contributed by atoms with van der Waals surface area (Å²) >= 11 is 1.34. The summed E-state index contributed by atoms with van der Waals surface area (Å²) in [6.07, 6.45) is 1.56. The third-order valence-corrected chi connectivity index (χ3v) is 3.80. The molecule has 1 aromatic rings. The third kappa shape index (κ3) is 3.10. The van der Waals surface area contributed by atoms with Gasteiger partial charge in [0.25, 0.3) is 5.91 Å². The van der Waals surface area contributed by atoms with Crippen molar-refractivity contribution in [1.29, 1.82) is 0 Å². The Kier molecular flexibility index (Phi) is 4.49. The van der Waals surface area contributed by atoms with E-state index in [0.29, 0.717) is 31.1 Å². The largest absolute Gasteiger partial charge is 0.464 e. The van der Waals surface area contributed by atoms with Crippen molar-refractivity contribution in [2.45, 2.75) is 19.9 Å². The molecule has 1 aliphatic rings. The van der Waals surface area contributed by atoms with Crippen molar-refractivity contribution < 1.29 is 14.3 Å². The number of amides is 1. The predicted molar refractivity (Wildman–Crippen MR) is 71.2 cm³/mol. The van der Waals surface area contributed by atoms with Crippen LogP contribution >= 0.6 is 11.3 Å². The average Bonchev–Trinajstić information content (AvgIpc) is 2.85. The fourth-order valence-corrected chi connectivity index (χ4v) is 2.73. The second-order valence-electron chi connectivity index (χ2n) is 4.21. The van der Waals surface area contributed by atoms with Crippen molar-refractivity contribution in [2.24, 2.45) is 0 Å². The molecule has 0 aliphatic carbocycles. The van der Waals surface area contributed by atoms with Gasteiger partial charge in [-0.25, -0.2) is 9.78 Å². The smallest absolute Gasteiger partial charge is 0.330 e. The minimum Gasteiger partial charge on any atom is -0.464 e. The summed E-state index contributed by atoms with van der Waals surface area (Å²) in [5, 5.41) is 3.95. The SMILES string of the molecule is CCOC(=O)C1CNCCN1C(=O)c1cnc(C)s1. The molecule has 104 valence electrons. The van der Waals surface area contributed by atoms with Crippen LogP contribution in [-0.4, -0.2) is 54.0 Å². The van der Waals surface area contributed by atoms with Crippen LogP contribution in [0.2, 0.25) is 0 Å². The molecular formula is C12H17N3O3S. The molecule has 1 unspecified atom stereocenters. The number of thiazole rings is 1. The van der Waals surface area contributed by atoms with E-state index < -0.39 is 6.04 Å². The van der Waals surface area contributed by atoms with Crippen LogP contribution in [0, 0.1) is 6.92 Å². The van der Waals surface area contributed by atoms with E-state index in [1.54, 1.807) is 18.0 Å². The zero-order valence-corrected chi connectivity index (χ0v) is 11.8. The lowest BCUT2D eigenvalue weighted by Crippen LogP contribution is -2.57. The maximum Gasteiger partial charge on any atom is 0.330 e. The summed E-state index contributed by atoms with van der Waals surface area (Å²) in [6, 6.07) is -0.552. The molecule has 1 amide bonds. The standard InChI is InChI=1S/C12H17N3O3S/c1-3-18-12(17)9-6-13-4-5-15(9)11(16)10-7-14-8(2)19-10/h7,9,13H,3-6H2,1-2H3. The van der Waals surface area contributed by atoms with Crippen molar-refractivity contribution in [3.05, 3.63) is 16.1 Å². The van der Waals surface area contributed by atoms with Gasteiger partial charge in [0.15, 0.2) is 0 Å². The molecule has 1 atom stereocenters. The van der Waals surface area contributed by atoms with Crippen LogP contribution in [0.4, 0.5) is 0 Å². The number of carbonyl (C=O) groups is 2. The van der Waals surface area contributed by atoms with Crippen molar-refractivity contribution >= 4 is 23.2 Å². The minimum atomic E-state index is -0.552. The van der Waals surface area contributed by atoms with Gasteiger partial charge in [-0.2, -0.15) is 0 Å². The Morgan fingerprint density at radius 2 is 2.42 bits per heavy atom. The van der Waals surface area contributed by atoms with Crippen LogP contribution in [0.5, 0.6) is 0 Å². The van der Waals surface area contributed by atoms with E-state index in [4.69, 9.17) is 4.74 Å². The van der Waals surface area contributed by atoms with Crippen LogP contribution in [0.1, 0.15) is 21.6 Å². The summed E-state index contributed by atoms with van der Waals surface area (Å²) in [5.41, 5.74) is 0.